The summed E-state index contributed by atoms with van der Waals surface area (Å²) in [4.78, 5) is 42.5. The van der Waals surface area contributed by atoms with Crippen molar-refractivity contribution in [1.29, 1.82) is 0 Å². The minimum absolute atomic E-state index is 0.0860. The van der Waals surface area contributed by atoms with Crippen LogP contribution in [0.25, 0.3) is 28.0 Å². The van der Waals surface area contributed by atoms with Crippen LogP contribution in [0.5, 0.6) is 0 Å². The Morgan fingerprint density at radius 1 is 1.07 bits per heavy atom. The van der Waals surface area contributed by atoms with Crippen molar-refractivity contribution in [2.75, 3.05) is 30.4 Å². The van der Waals surface area contributed by atoms with E-state index in [1.165, 1.54) is 18.3 Å². The molecule has 5 aromatic rings. The molecule has 1 aromatic carbocycles. The number of hydrogen-bond acceptors (Lipinski definition) is 7. The highest BCUT2D eigenvalue weighted by atomic mass is 19.1. The molecule has 220 valence electrons. The average Bonchev–Trinajstić information content (AvgIpc) is 3.67. The van der Waals surface area contributed by atoms with Crippen molar-refractivity contribution in [1.82, 2.24) is 29.4 Å². The second-order valence-corrected chi connectivity index (χ2v) is 10.9. The zero-order chi connectivity index (χ0) is 30.1. The van der Waals surface area contributed by atoms with E-state index in [4.69, 9.17) is 0 Å². The van der Waals surface area contributed by atoms with Gasteiger partial charge in [-0.1, -0.05) is 0 Å². The first-order valence-electron chi connectivity index (χ1n) is 14.3. The highest BCUT2D eigenvalue weighted by molar-refractivity contribution is 5.94. The summed E-state index contributed by atoms with van der Waals surface area (Å²) in [6.45, 7) is 5.67. The van der Waals surface area contributed by atoms with E-state index in [1.807, 2.05) is 35.9 Å². The highest BCUT2D eigenvalue weighted by Crippen LogP contribution is 2.27. The Kier molecular flexibility index (Phi) is 7.73. The van der Waals surface area contributed by atoms with Crippen LogP contribution < -0.4 is 21.1 Å². The fourth-order valence-electron chi connectivity index (χ4n) is 5.46. The molecule has 0 saturated carbocycles. The number of rotatable bonds is 8. The number of aromatic nitrogens is 5. The number of halogens is 1. The van der Waals surface area contributed by atoms with Crippen LogP contribution in [-0.4, -0.2) is 56.2 Å². The number of pyridine rings is 2. The van der Waals surface area contributed by atoms with Crippen LogP contribution in [0.2, 0.25) is 0 Å². The average molecular weight is 581 g/mol. The van der Waals surface area contributed by atoms with E-state index in [-0.39, 0.29) is 29.5 Å². The van der Waals surface area contributed by atoms with E-state index in [0.717, 1.165) is 65.0 Å². The molecular formula is C32H33FN8O2. The zero-order valence-electron chi connectivity index (χ0n) is 24.3. The van der Waals surface area contributed by atoms with Crippen LogP contribution in [0.4, 0.5) is 15.9 Å². The van der Waals surface area contributed by atoms with Crippen LogP contribution in [0.3, 0.4) is 0 Å². The molecule has 5 heterocycles. The molecule has 1 amide bonds. The summed E-state index contributed by atoms with van der Waals surface area (Å²) < 4.78 is 17.5. The second-order valence-electron chi connectivity index (χ2n) is 10.9. The molecule has 1 saturated heterocycles. The Hall–Kier alpha value is -4.90. The fraction of sp³-hybridized carbons (Fsp3) is 0.281. The number of carbonyl (C=O) groups is 1. The molecule has 0 radical (unpaired) electrons. The van der Waals surface area contributed by atoms with E-state index in [9.17, 15) is 14.0 Å². The lowest BCUT2D eigenvalue weighted by Crippen LogP contribution is -2.38. The van der Waals surface area contributed by atoms with Gasteiger partial charge in [0.2, 0.25) is 5.91 Å². The zero-order valence-corrected chi connectivity index (χ0v) is 24.3. The van der Waals surface area contributed by atoms with Crippen molar-refractivity contribution < 1.29 is 9.18 Å². The second kappa shape index (κ2) is 11.8. The molecule has 43 heavy (non-hydrogen) atoms. The van der Waals surface area contributed by atoms with Crippen LogP contribution in [0, 0.1) is 12.7 Å². The van der Waals surface area contributed by atoms with Crippen molar-refractivity contribution in [3.8, 4) is 17.1 Å². The topological polar surface area (TPSA) is 110 Å². The van der Waals surface area contributed by atoms with Crippen molar-refractivity contribution in [2.45, 2.75) is 39.3 Å². The lowest BCUT2D eigenvalue weighted by molar-refractivity contribution is -0.117. The number of amides is 1. The van der Waals surface area contributed by atoms with E-state index < -0.39 is 6.04 Å². The predicted molar refractivity (Wildman–Crippen MR) is 165 cm³/mol. The number of carbonyl (C=O) groups excluding carboxylic acids is 1. The maximum Gasteiger partial charge on any atom is 0.277 e. The first-order chi connectivity index (χ1) is 20.8. The molecule has 4 aromatic heterocycles. The van der Waals surface area contributed by atoms with Crippen LogP contribution in [0.1, 0.15) is 30.9 Å². The first kappa shape index (κ1) is 28.2. The molecule has 1 aliphatic rings. The van der Waals surface area contributed by atoms with Gasteiger partial charge in [0.15, 0.2) is 0 Å². The van der Waals surface area contributed by atoms with E-state index in [1.54, 1.807) is 43.2 Å². The molecule has 1 aliphatic heterocycles. The molecule has 0 spiro atoms. The monoisotopic (exact) mass is 580 g/mol. The number of nitrogens with one attached hydrogen (secondary N) is 2. The first-order valence-corrected chi connectivity index (χ1v) is 14.3. The Morgan fingerprint density at radius 2 is 1.88 bits per heavy atom. The number of fused-ring (bicyclic) bond motifs is 1. The van der Waals surface area contributed by atoms with Gasteiger partial charge in [0.25, 0.3) is 5.56 Å². The summed E-state index contributed by atoms with van der Waals surface area (Å²) in [6.07, 6.45) is 10.7. The maximum atomic E-state index is 13.9. The lowest BCUT2D eigenvalue weighted by atomic mass is 10.2. The standard InChI is InChI=1S/C32H33FN8O2/c1-20-18-40(28-7-6-24(33)14-26(20)28)25-12-22(15-35-16-25)19-41-30(23-8-9-36-29(13-23)39-10-4-5-11-39)37-17-27(32(41)43)38-31(42)21(2)34-3/h6-9,12-18,21,34H,4-5,10-11,19H2,1-3H3,(H,38,42)/t21-/m0/s1. The Bertz CT molecular complexity index is 1880. The van der Waals surface area contributed by atoms with Gasteiger partial charge in [0.1, 0.15) is 23.1 Å². The van der Waals surface area contributed by atoms with Gasteiger partial charge >= 0.3 is 0 Å². The van der Waals surface area contributed by atoms with Crippen LogP contribution in [-0.2, 0) is 11.3 Å². The van der Waals surface area contributed by atoms with Crippen molar-refractivity contribution in [3.63, 3.8) is 0 Å². The third-order valence-electron chi connectivity index (χ3n) is 7.93. The summed E-state index contributed by atoms with van der Waals surface area (Å²) in [5.41, 5.74) is 3.77. The van der Waals surface area contributed by atoms with Gasteiger partial charge in [0.05, 0.1) is 36.2 Å². The molecule has 1 fully saturated rings. The van der Waals surface area contributed by atoms with Crippen LogP contribution in [0.15, 0.2) is 72.2 Å². The number of nitrogens with zero attached hydrogens (tertiary/aromatic N) is 6. The number of likely N-dealkylation sites (N-methyl/N-ethyl adjacent to an activating group) is 1. The van der Waals surface area contributed by atoms with Gasteiger partial charge in [-0.2, -0.15) is 0 Å². The number of hydrogen-bond donors (Lipinski definition) is 2. The van der Waals surface area contributed by atoms with Gasteiger partial charge < -0.3 is 20.1 Å². The van der Waals surface area contributed by atoms with Gasteiger partial charge in [-0.15, -0.1) is 0 Å². The molecule has 0 aliphatic carbocycles. The van der Waals surface area contributed by atoms with E-state index in [2.05, 4.69) is 30.5 Å². The summed E-state index contributed by atoms with van der Waals surface area (Å²) in [7, 11) is 1.68. The smallest absolute Gasteiger partial charge is 0.277 e. The molecule has 10 nitrogen and oxygen atoms in total. The molecule has 6 rings (SSSR count). The SMILES string of the molecule is CN[C@@H](C)C(=O)Nc1cnc(-c2ccnc(N3CCCC3)c2)n(Cc2cncc(-n3cc(C)c4cc(F)ccc43)c2)c1=O. The predicted octanol–water partition coefficient (Wildman–Crippen LogP) is 4.29. The molecule has 11 heteroatoms. The third kappa shape index (κ3) is 5.63. The third-order valence-corrected chi connectivity index (χ3v) is 7.93. The highest BCUT2D eigenvalue weighted by Gasteiger charge is 2.20. The normalized spacial score (nSPS) is 13.9. The van der Waals surface area contributed by atoms with Crippen LogP contribution >= 0.6 is 0 Å². The van der Waals surface area contributed by atoms with E-state index in [0.29, 0.717) is 5.82 Å². The molecule has 0 bridgehead atoms. The molecule has 2 N–H and O–H groups in total. The quantitative estimate of drug-likeness (QED) is 0.282. The largest absolute Gasteiger partial charge is 0.357 e. The minimum atomic E-state index is -0.495. The molecule has 1 atom stereocenters. The lowest BCUT2D eigenvalue weighted by Gasteiger charge is -2.19. The van der Waals surface area contributed by atoms with Gasteiger partial charge in [-0.25, -0.2) is 14.4 Å². The number of benzene rings is 1. The fourth-order valence-corrected chi connectivity index (χ4v) is 5.46. The van der Waals surface area contributed by atoms with Gasteiger partial charge in [-0.3, -0.25) is 19.1 Å². The maximum absolute atomic E-state index is 13.9. The summed E-state index contributed by atoms with van der Waals surface area (Å²) in [5.74, 6) is 0.664. The van der Waals surface area contributed by atoms with Crippen molar-refractivity contribution in [2.24, 2.45) is 0 Å². The summed E-state index contributed by atoms with van der Waals surface area (Å²) in [5, 5.41) is 6.42. The van der Waals surface area contributed by atoms with E-state index >= 15 is 0 Å². The Balaban J connectivity index is 1.42. The molecule has 0 unspecified atom stereocenters. The molecular weight excluding hydrogens is 547 g/mol. The van der Waals surface area contributed by atoms with Crippen molar-refractivity contribution in [3.05, 3.63) is 94.7 Å². The van der Waals surface area contributed by atoms with Gasteiger partial charge in [0, 0.05) is 42.6 Å². The number of anilines is 2. The number of aryl methyl sites for hydroxylation is 1. The Morgan fingerprint density at radius 3 is 2.67 bits per heavy atom. The minimum Gasteiger partial charge on any atom is -0.357 e. The Labute approximate surface area is 248 Å². The summed E-state index contributed by atoms with van der Waals surface area (Å²) >= 11 is 0. The van der Waals surface area contributed by atoms with Crippen molar-refractivity contribution >= 4 is 28.3 Å². The summed E-state index contributed by atoms with van der Waals surface area (Å²) in [6, 6.07) is 9.95. The van der Waals surface area contributed by atoms with Gasteiger partial charge in [-0.05, 0) is 81.3 Å².